The third-order valence-corrected chi connectivity index (χ3v) is 3.46. The second-order valence-electron chi connectivity index (χ2n) is 4.77. The smallest absolute Gasteiger partial charge is 0.135 e. The average Bonchev–Trinajstić information content (AvgIpc) is 2.72. The molecule has 1 heterocycles. The number of Topliss-reactive ketones (excluding diaryl/α,β-unsaturated/α-hetero) is 1. The van der Waals surface area contributed by atoms with E-state index in [2.05, 4.69) is 6.92 Å². The number of ketones is 1. The van der Waals surface area contributed by atoms with E-state index in [1.54, 1.807) is 0 Å². The molecule has 0 aromatic carbocycles. The van der Waals surface area contributed by atoms with E-state index in [-0.39, 0.29) is 12.2 Å². The van der Waals surface area contributed by atoms with Crippen LogP contribution >= 0.6 is 0 Å². The highest BCUT2D eigenvalue weighted by atomic mass is 16.5. The van der Waals surface area contributed by atoms with Crippen molar-refractivity contribution in [3.8, 4) is 0 Å². The molecule has 1 saturated heterocycles. The lowest BCUT2D eigenvalue weighted by Crippen LogP contribution is -2.32. The topological polar surface area (TPSA) is 35.5 Å². The first-order valence-corrected chi connectivity index (χ1v) is 6.00. The van der Waals surface area contributed by atoms with Crippen LogP contribution in [-0.4, -0.2) is 31.2 Å². The number of carbonyl (C=O) groups is 1. The van der Waals surface area contributed by atoms with E-state index >= 15 is 0 Å². The number of hydrogen-bond acceptors (Lipinski definition) is 3. The number of rotatable bonds is 3. The fourth-order valence-electron chi connectivity index (χ4n) is 2.33. The van der Waals surface area contributed by atoms with Crippen LogP contribution in [0, 0.1) is 5.92 Å². The molecule has 0 N–H and O–H groups in total. The molecule has 0 bridgehead atoms. The standard InChI is InChI=1S/C12H20O3/c1-9-4-5-10(13)7-12(9)15-8-11-3-2-6-14-11/h9,11-12H,2-8H2,1H3. The second-order valence-corrected chi connectivity index (χ2v) is 4.77. The van der Waals surface area contributed by atoms with Crippen molar-refractivity contribution in [3.05, 3.63) is 0 Å². The van der Waals surface area contributed by atoms with Gasteiger partial charge in [0.15, 0.2) is 0 Å². The van der Waals surface area contributed by atoms with Gasteiger partial charge in [0.1, 0.15) is 5.78 Å². The Morgan fingerprint density at radius 3 is 3.07 bits per heavy atom. The Balaban J connectivity index is 1.74. The Labute approximate surface area is 91.1 Å². The predicted molar refractivity (Wildman–Crippen MR) is 56.7 cm³/mol. The summed E-state index contributed by atoms with van der Waals surface area (Å²) < 4.78 is 11.3. The molecule has 0 spiro atoms. The summed E-state index contributed by atoms with van der Waals surface area (Å²) in [5.41, 5.74) is 0. The van der Waals surface area contributed by atoms with Gasteiger partial charge in [0.05, 0.1) is 18.8 Å². The molecule has 15 heavy (non-hydrogen) atoms. The lowest BCUT2D eigenvalue weighted by Gasteiger charge is -2.28. The van der Waals surface area contributed by atoms with E-state index in [9.17, 15) is 4.79 Å². The average molecular weight is 212 g/mol. The first-order valence-electron chi connectivity index (χ1n) is 6.00. The van der Waals surface area contributed by atoms with Gasteiger partial charge < -0.3 is 9.47 Å². The molecule has 1 aliphatic heterocycles. The highest BCUT2D eigenvalue weighted by molar-refractivity contribution is 5.79. The normalized spacial score (nSPS) is 37.1. The minimum Gasteiger partial charge on any atom is -0.376 e. The third kappa shape index (κ3) is 3.02. The summed E-state index contributed by atoms with van der Waals surface area (Å²) >= 11 is 0. The summed E-state index contributed by atoms with van der Waals surface area (Å²) in [5, 5.41) is 0. The van der Waals surface area contributed by atoms with E-state index < -0.39 is 0 Å². The molecule has 3 nitrogen and oxygen atoms in total. The minimum atomic E-state index is 0.135. The van der Waals surface area contributed by atoms with Gasteiger partial charge in [0.25, 0.3) is 0 Å². The lowest BCUT2D eigenvalue weighted by molar-refractivity contribution is -0.128. The molecule has 1 saturated carbocycles. The summed E-state index contributed by atoms with van der Waals surface area (Å²) in [6.45, 7) is 3.71. The van der Waals surface area contributed by atoms with Crippen LogP contribution in [0.4, 0.5) is 0 Å². The fraction of sp³-hybridized carbons (Fsp3) is 0.917. The molecule has 3 atom stereocenters. The van der Waals surface area contributed by atoms with Gasteiger partial charge in [-0.1, -0.05) is 6.92 Å². The van der Waals surface area contributed by atoms with E-state index in [0.717, 1.165) is 32.3 Å². The molecular weight excluding hydrogens is 192 g/mol. The van der Waals surface area contributed by atoms with Crippen molar-refractivity contribution < 1.29 is 14.3 Å². The monoisotopic (exact) mass is 212 g/mol. The van der Waals surface area contributed by atoms with Crippen LogP contribution in [0.5, 0.6) is 0 Å². The van der Waals surface area contributed by atoms with Crippen molar-refractivity contribution in [1.29, 1.82) is 0 Å². The number of hydrogen-bond donors (Lipinski definition) is 0. The van der Waals surface area contributed by atoms with Crippen molar-refractivity contribution in [2.24, 2.45) is 5.92 Å². The lowest BCUT2D eigenvalue weighted by atomic mass is 9.87. The van der Waals surface area contributed by atoms with Gasteiger partial charge in [-0.2, -0.15) is 0 Å². The molecule has 86 valence electrons. The molecule has 2 rings (SSSR count). The van der Waals surface area contributed by atoms with Crippen molar-refractivity contribution in [3.63, 3.8) is 0 Å². The van der Waals surface area contributed by atoms with Crippen molar-refractivity contribution >= 4 is 5.78 Å². The molecule has 0 aromatic heterocycles. The van der Waals surface area contributed by atoms with Gasteiger partial charge in [-0.25, -0.2) is 0 Å². The maximum Gasteiger partial charge on any atom is 0.135 e. The van der Waals surface area contributed by atoms with Crippen LogP contribution in [0.15, 0.2) is 0 Å². The maximum atomic E-state index is 11.3. The summed E-state index contributed by atoms with van der Waals surface area (Å²) in [6, 6.07) is 0. The first kappa shape index (κ1) is 11.1. The SMILES string of the molecule is CC1CCC(=O)CC1OCC1CCCO1. The Morgan fingerprint density at radius 2 is 2.33 bits per heavy atom. The van der Waals surface area contributed by atoms with Crippen molar-refractivity contribution in [1.82, 2.24) is 0 Å². The van der Waals surface area contributed by atoms with Gasteiger partial charge in [-0.15, -0.1) is 0 Å². The molecule has 1 aliphatic carbocycles. The molecule has 0 amide bonds. The molecule has 2 fully saturated rings. The van der Waals surface area contributed by atoms with Gasteiger partial charge in [-0.3, -0.25) is 4.79 Å². The molecule has 2 aliphatic rings. The van der Waals surface area contributed by atoms with Crippen molar-refractivity contribution in [2.75, 3.05) is 13.2 Å². The molecule has 0 radical (unpaired) electrons. The number of ether oxygens (including phenoxy) is 2. The third-order valence-electron chi connectivity index (χ3n) is 3.46. The molecule has 0 aromatic rings. The quantitative estimate of drug-likeness (QED) is 0.717. The molecular formula is C12H20O3. The summed E-state index contributed by atoms with van der Waals surface area (Å²) in [5.74, 6) is 0.870. The first-order chi connectivity index (χ1) is 7.25. The Kier molecular flexibility index (Phi) is 3.76. The zero-order chi connectivity index (χ0) is 10.7. The summed E-state index contributed by atoms with van der Waals surface area (Å²) in [7, 11) is 0. The van der Waals surface area contributed by atoms with Gasteiger partial charge in [0, 0.05) is 19.4 Å². The summed E-state index contributed by atoms with van der Waals surface area (Å²) in [4.78, 5) is 11.3. The molecule has 3 heteroatoms. The molecule has 3 unspecified atom stereocenters. The van der Waals surface area contributed by atoms with E-state index in [4.69, 9.17) is 9.47 Å². The van der Waals surface area contributed by atoms with E-state index in [1.807, 2.05) is 0 Å². The maximum absolute atomic E-state index is 11.3. The van der Waals surface area contributed by atoms with Crippen LogP contribution in [0.25, 0.3) is 0 Å². The van der Waals surface area contributed by atoms with Crippen LogP contribution in [0.2, 0.25) is 0 Å². The van der Waals surface area contributed by atoms with Gasteiger partial charge >= 0.3 is 0 Å². The minimum absolute atomic E-state index is 0.135. The second kappa shape index (κ2) is 5.08. The van der Waals surface area contributed by atoms with Crippen LogP contribution in [0.1, 0.15) is 39.0 Å². The Hall–Kier alpha value is -0.410. The zero-order valence-corrected chi connectivity index (χ0v) is 9.41. The highest BCUT2D eigenvalue weighted by Crippen LogP contribution is 2.25. The largest absolute Gasteiger partial charge is 0.376 e. The number of carbonyl (C=O) groups excluding carboxylic acids is 1. The van der Waals surface area contributed by atoms with Crippen molar-refractivity contribution in [2.45, 2.75) is 51.2 Å². The highest BCUT2D eigenvalue weighted by Gasteiger charge is 2.28. The van der Waals surface area contributed by atoms with Crippen LogP contribution < -0.4 is 0 Å². The van der Waals surface area contributed by atoms with Crippen LogP contribution in [-0.2, 0) is 14.3 Å². The Morgan fingerprint density at radius 1 is 1.47 bits per heavy atom. The zero-order valence-electron chi connectivity index (χ0n) is 9.41. The van der Waals surface area contributed by atoms with E-state index in [0.29, 0.717) is 24.7 Å². The predicted octanol–water partition coefficient (Wildman–Crippen LogP) is 1.94. The Bertz CT molecular complexity index is 221. The van der Waals surface area contributed by atoms with E-state index in [1.165, 1.54) is 0 Å². The van der Waals surface area contributed by atoms with Gasteiger partial charge in [-0.05, 0) is 25.2 Å². The van der Waals surface area contributed by atoms with Gasteiger partial charge in [0.2, 0.25) is 0 Å². The fourth-order valence-corrected chi connectivity index (χ4v) is 2.33. The van der Waals surface area contributed by atoms with Crippen LogP contribution in [0.3, 0.4) is 0 Å². The summed E-state index contributed by atoms with van der Waals surface area (Å²) in [6.07, 6.45) is 4.98.